The molecule has 0 atom stereocenters. The normalized spacial score (nSPS) is 11.0. The van der Waals surface area contributed by atoms with Crippen LogP contribution in [-0.2, 0) is 10.0 Å². The van der Waals surface area contributed by atoms with Crippen LogP contribution in [0.15, 0.2) is 78.2 Å². The van der Waals surface area contributed by atoms with Crippen molar-refractivity contribution in [2.24, 2.45) is 0 Å². The van der Waals surface area contributed by atoms with Crippen LogP contribution in [0.4, 0.5) is 5.69 Å². The van der Waals surface area contributed by atoms with E-state index in [1.54, 1.807) is 36.4 Å². The van der Waals surface area contributed by atoms with Crippen molar-refractivity contribution in [3.05, 3.63) is 95.0 Å². The number of carbonyl (C=O) groups is 1. The third kappa shape index (κ3) is 5.38. The van der Waals surface area contributed by atoms with E-state index in [4.69, 9.17) is 21.1 Å². The highest BCUT2D eigenvalue weighted by atomic mass is 35.5. The zero-order chi connectivity index (χ0) is 24.2. The highest BCUT2D eigenvalue weighted by Crippen LogP contribution is 2.29. The summed E-state index contributed by atoms with van der Waals surface area (Å²) in [6.07, 6.45) is 1.48. The second kappa shape index (κ2) is 10.1. The number of sulfonamides is 1. The first kappa shape index (κ1) is 24.4. The van der Waals surface area contributed by atoms with Crippen LogP contribution in [0.5, 0.6) is 11.5 Å². The topological polar surface area (TPSA) is 72.9 Å². The van der Waals surface area contributed by atoms with Crippen LogP contribution >= 0.6 is 11.6 Å². The minimum atomic E-state index is -4.04. The first-order valence-electron chi connectivity index (χ1n) is 10.0. The van der Waals surface area contributed by atoms with E-state index in [-0.39, 0.29) is 22.0 Å². The first-order chi connectivity index (χ1) is 15.7. The van der Waals surface area contributed by atoms with E-state index in [0.29, 0.717) is 17.2 Å². The standard InChI is InChI=1S/C25H24ClNO5S/c1-5-14-27(19-7-10-20(31-4)11-8-19)33(29,30)22-12-13-24(26)23(16-22)25(28)32-21-9-6-17(2)18(3)15-21/h5-13,15-16H,1,14H2,2-4H3. The molecule has 33 heavy (non-hydrogen) atoms. The lowest BCUT2D eigenvalue weighted by Gasteiger charge is -2.23. The first-order valence-corrected chi connectivity index (χ1v) is 11.9. The fourth-order valence-corrected chi connectivity index (χ4v) is 4.75. The molecule has 0 N–H and O–H groups in total. The van der Waals surface area contributed by atoms with Gasteiger partial charge in [0.15, 0.2) is 0 Å². The predicted molar refractivity (Wildman–Crippen MR) is 130 cm³/mol. The van der Waals surface area contributed by atoms with Gasteiger partial charge >= 0.3 is 5.97 Å². The fourth-order valence-electron chi connectivity index (χ4n) is 3.10. The second-order valence-electron chi connectivity index (χ2n) is 7.30. The number of hydrogen-bond donors (Lipinski definition) is 0. The molecule has 0 heterocycles. The number of hydrogen-bond acceptors (Lipinski definition) is 5. The Morgan fingerprint density at radius 1 is 1.00 bits per heavy atom. The molecule has 0 radical (unpaired) electrons. The van der Waals surface area contributed by atoms with Crippen molar-refractivity contribution >= 4 is 33.3 Å². The van der Waals surface area contributed by atoms with Gasteiger partial charge in [0.2, 0.25) is 0 Å². The number of carbonyl (C=O) groups excluding carboxylic acids is 1. The Morgan fingerprint density at radius 2 is 1.67 bits per heavy atom. The van der Waals surface area contributed by atoms with Crippen molar-refractivity contribution in [2.45, 2.75) is 18.7 Å². The number of rotatable bonds is 8. The lowest BCUT2D eigenvalue weighted by molar-refractivity contribution is 0.0734. The van der Waals surface area contributed by atoms with Gasteiger partial charge in [0, 0.05) is 0 Å². The maximum absolute atomic E-state index is 13.5. The number of anilines is 1. The number of halogens is 1. The molecule has 0 aliphatic rings. The van der Waals surface area contributed by atoms with Gasteiger partial charge in [-0.3, -0.25) is 4.31 Å². The molecule has 0 aromatic heterocycles. The van der Waals surface area contributed by atoms with Crippen LogP contribution in [0.3, 0.4) is 0 Å². The summed E-state index contributed by atoms with van der Waals surface area (Å²) < 4.78 is 38.7. The van der Waals surface area contributed by atoms with Gasteiger partial charge in [-0.05, 0) is 79.6 Å². The minimum Gasteiger partial charge on any atom is -0.497 e. The number of benzene rings is 3. The zero-order valence-corrected chi connectivity index (χ0v) is 20.1. The maximum Gasteiger partial charge on any atom is 0.345 e. The van der Waals surface area contributed by atoms with Crippen molar-refractivity contribution in [1.29, 1.82) is 0 Å². The van der Waals surface area contributed by atoms with E-state index < -0.39 is 16.0 Å². The van der Waals surface area contributed by atoms with Gasteiger partial charge in [-0.1, -0.05) is 23.7 Å². The van der Waals surface area contributed by atoms with Gasteiger partial charge in [0.1, 0.15) is 11.5 Å². The van der Waals surface area contributed by atoms with Crippen LogP contribution in [0.2, 0.25) is 5.02 Å². The molecule has 0 fully saturated rings. The largest absolute Gasteiger partial charge is 0.497 e. The van der Waals surface area contributed by atoms with E-state index >= 15 is 0 Å². The summed E-state index contributed by atoms with van der Waals surface area (Å²) in [6.45, 7) is 7.54. The molecular formula is C25H24ClNO5S. The molecule has 0 aliphatic heterocycles. The van der Waals surface area contributed by atoms with Crippen LogP contribution in [0, 0.1) is 13.8 Å². The maximum atomic E-state index is 13.5. The third-order valence-corrected chi connectivity index (χ3v) is 7.21. The molecule has 3 rings (SSSR count). The summed E-state index contributed by atoms with van der Waals surface area (Å²) in [6, 6.07) is 15.8. The van der Waals surface area contributed by atoms with Crippen molar-refractivity contribution in [3.8, 4) is 11.5 Å². The van der Waals surface area contributed by atoms with Crippen molar-refractivity contribution in [3.63, 3.8) is 0 Å². The van der Waals surface area contributed by atoms with E-state index in [9.17, 15) is 13.2 Å². The molecule has 3 aromatic carbocycles. The Kier molecular flexibility index (Phi) is 7.46. The monoisotopic (exact) mass is 485 g/mol. The average molecular weight is 486 g/mol. The van der Waals surface area contributed by atoms with Crippen LogP contribution in [0.1, 0.15) is 21.5 Å². The number of nitrogens with zero attached hydrogens (tertiary/aromatic N) is 1. The van der Waals surface area contributed by atoms with Gasteiger partial charge in [-0.2, -0.15) is 0 Å². The zero-order valence-electron chi connectivity index (χ0n) is 18.5. The van der Waals surface area contributed by atoms with Gasteiger partial charge in [0.25, 0.3) is 10.0 Å². The summed E-state index contributed by atoms with van der Waals surface area (Å²) in [5, 5.41) is 0.0856. The molecule has 8 heteroatoms. The minimum absolute atomic E-state index is 0.0275. The lowest BCUT2D eigenvalue weighted by atomic mass is 10.1. The van der Waals surface area contributed by atoms with E-state index in [1.807, 2.05) is 19.9 Å². The van der Waals surface area contributed by atoms with Gasteiger partial charge in [0.05, 0.1) is 34.8 Å². The van der Waals surface area contributed by atoms with Gasteiger partial charge in [-0.15, -0.1) is 6.58 Å². The van der Waals surface area contributed by atoms with Crippen molar-refractivity contribution in [1.82, 2.24) is 0 Å². The molecular weight excluding hydrogens is 462 g/mol. The molecule has 3 aromatic rings. The van der Waals surface area contributed by atoms with Crippen molar-refractivity contribution < 1.29 is 22.7 Å². The quantitative estimate of drug-likeness (QED) is 0.237. The predicted octanol–water partition coefficient (Wildman–Crippen LogP) is 5.57. The third-order valence-electron chi connectivity index (χ3n) is 5.09. The number of aryl methyl sites for hydroxylation is 2. The summed E-state index contributed by atoms with van der Waals surface area (Å²) in [5.41, 5.74) is 2.39. The van der Waals surface area contributed by atoms with Crippen molar-refractivity contribution in [2.75, 3.05) is 18.0 Å². The molecule has 0 saturated heterocycles. The van der Waals surface area contributed by atoms with Gasteiger partial charge < -0.3 is 9.47 Å². The Balaban J connectivity index is 1.97. The number of ether oxygens (including phenoxy) is 2. The molecule has 0 spiro atoms. The Labute approximate surface area is 199 Å². The van der Waals surface area contributed by atoms with Gasteiger partial charge in [-0.25, -0.2) is 13.2 Å². The van der Waals surface area contributed by atoms with E-state index in [1.165, 1.54) is 35.7 Å². The molecule has 0 aliphatic carbocycles. The van der Waals surface area contributed by atoms with E-state index in [2.05, 4.69) is 6.58 Å². The smallest absolute Gasteiger partial charge is 0.345 e. The second-order valence-corrected chi connectivity index (χ2v) is 9.57. The number of methoxy groups -OCH3 is 1. The highest BCUT2D eigenvalue weighted by Gasteiger charge is 2.26. The van der Waals surface area contributed by atoms with Crippen LogP contribution in [-0.4, -0.2) is 28.0 Å². The highest BCUT2D eigenvalue weighted by molar-refractivity contribution is 7.92. The lowest BCUT2D eigenvalue weighted by Crippen LogP contribution is -2.31. The summed E-state index contributed by atoms with van der Waals surface area (Å²) in [4.78, 5) is 12.7. The molecule has 0 saturated carbocycles. The van der Waals surface area contributed by atoms with Crippen LogP contribution in [0.25, 0.3) is 0 Å². The SMILES string of the molecule is C=CCN(c1ccc(OC)cc1)S(=O)(=O)c1ccc(Cl)c(C(=O)Oc2ccc(C)c(C)c2)c1. The summed E-state index contributed by atoms with van der Waals surface area (Å²) >= 11 is 6.22. The Morgan fingerprint density at radius 3 is 2.27 bits per heavy atom. The average Bonchev–Trinajstić information content (AvgIpc) is 2.80. The van der Waals surface area contributed by atoms with Crippen LogP contribution < -0.4 is 13.8 Å². The molecule has 172 valence electrons. The summed E-state index contributed by atoms with van der Waals surface area (Å²) in [7, 11) is -2.51. The Bertz CT molecular complexity index is 1290. The summed E-state index contributed by atoms with van der Waals surface area (Å²) in [5.74, 6) is 0.191. The Hall–Kier alpha value is -3.29. The van der Waals surface area contributed by atoms with E-state index in [0.717, 1.165) is 11.1 Å². The fraction of sp³-hybridized carbons (Fsp3) is 0.160. The molecule has 6 nitrogen and oxygen atoms in total. The number of esters is 1. The molecule has 0 amide bonds. The molecule has 0 unspecified atom stereocenters. The molecule has 0 bridgehead atoms.